The Balaban J connectivity index is 1.39. The Hall–Kier alpha value is -4.56. The number of urea groups is 1. The third kappa shape index (κ3) is 10.2. The molecule has 3 heterocycles. The number of hydrogen-bond donors (Lipinski definition) is 4. The number of phenolic OH excluding ortho intramolecular Hbond substituents is 1. The van der Waals surface area contributed by atoms with Gasteiger partial charge in [-0.3, -0.25) is 9.52 Å². The molecule has 1 saturated heterocycles. The molecule has 304 valence electrons. The predicted octanol–water partition coefficient (Wildman–Crippen LogP) is 3.39. The third-order valence-electron chi connectivity index (χ3n) is 9.24. The first-order valence-corrected chi connectivity index (χ1v) is 22.0. The molecule has 2 aromatic heterocycles. The van der Waals surface area contributed by atoms with Gasteiger partial charge < -0.3 is 29.9 Å². The molecule has 1 aliphatic heterocycles. The maximum atomic E-state index is 14.3. The van der Waals surface area contributed by atoms with Crippen LogP contribution in [-0.2, 0) is 44.9 Å². The van der Waals surface area contributed by atoms with E-state index in [1.807, 2.05) is 56.5 Å². The van der Waals surface area contributed by atoms with E-state index in [2.05, 4.69) is 20.0 Å². The number of sulfonamides is 2. The molecule has 0 saturated carbocycles. The van der Waals surface area contributed by atoms with Crippen molar-refractivity contribution >= 4 is 49.0 Å². The van der Waals surface area contributed by atoms with E-state index in [1.54, 1.807) is 25.8 Å². The van der Waals surface area contributed by atoms with Crippen molar-refractivity contribution in [2.45, 2.75) is 75.7 Å². The predicted molar refractivity (Wildman–Crippen MR) is 212 cm³/mol. The molecule has 5 rings (SSSR count). The van der Waals surface area contributed by atoms with Gasteiger partial charge in [-0.05, 0) is 48.9 Å². The highest BCUT2D eigenvalue weighted by Gasteiger charge is 2.41. The van der Waals surface area contributed by atoms with Crippen LogP contribution in [0.1, 0.15) is 44.0 Å². The lowest BCUT2D eigenvalue weighted by Gasteiger charge is -2.34. The number of benzene rings is 2. The lowest BCUT2D eigenvalue weighted by Crippen LogP contribution is -2.57. The zero-order valence-corrected chi connectivity index (χ0v) is 34.7. The molecule has 1 fully saturated rings. The summed E-state index contributed by atoms with van der Waals surface area (Å²) in [5.41, 5.74) is 1.17. The van der Waals surface area contributed by atoms with Gasteiger partial charge in [0.05, 0.1) is 46.3 Å². The lowest BCUT2D eigenvalue weighted by atomic mass is 9.97. The largest absolute Gasteiger partial charge is 0.506 e. The van der Waals surface area contributed by atoms with Gasteiger partial charge in [0.1, 0.15) is 11.8 Å². The molecular formula is C37H50N8O8S3. The van der Waals surface area contributed by atoms with E-state index < -0.39 is 56.4 Å². The van der Waals surface area contributed by atoms with E-state index >= 15 is 0 Å². The zero-order valence-electron chi connectivity index (χ0n) is 32.2. The molecular weight excluding hydrogens is 781 g/mol. The highest BCUT2D eigenvalue weighted by atomic mass is 32.2. The van der Waals surface area contributed by atoms with Gasteiger partial charge in [-0.1, -0.05) is 58.0 Å². The van der Waals surface area contributed by atoms with Crippen LogP contribution in [-0.4, -0.2) is 112 Å². The first-order valence-electron chi connectivity index (χ1n) is 18.2. The number of rotatable bonds is 18. The molecule has 3 amide bonds. The number of carbonyl (C=O) groups is 2. The number of amides is 3. The smallest absolute Gasteiger partial charge is 0.321 e. The minimum Gasteiger partial charge on any atom is -0.506 e. The second-order valence-electron chi connectivity index (χ2n) is 14.7. The highest BCUT2D eigenvalue weighted by molar-refractivity contribution is 7.92. The summed E-state index contributed by atoms with van der Waals surface area (Å²) in [6.45, 7) is 9.76. The summed E-state index contributed by atoms with van der Waals surface area (Å²) in [4.78, 5) is 39.0. The van der Waals surface area contributed by atoms with Crippen molar-refractivity contribution < 1.29 is 36.6 Å². The van der Waals surface area contributed by atoms with Gasteiger partial charge in [0.2, 0.25) is 15.9 Å². The number of aryl methyl sites for hydroxylation is 2. The molecule has 0 spiro atoms. The van der Waals surface area contributed by atoms with Gasteiger partial charge in [0.15, 0.2) is 5.03 Å². The fourth-order valence-corrected chi connectivity index (χ4v) is 9.85. The van der Waals surface area contributed by atoms with Crippen molar-refractivity contribution in [2.75, 3.05) is 30.9 Å². The van der Waals surface area contributed by atoms with Crippen LogP contribution in [0.5, 0.6) is 5.75 Å². The fourth-order valence-electron chi connectivity index (χ4n) is 6.55. The van der Waals surface area contributed by atoms with Crippen LogP contribution in [0.3, 0.4) is 0 Å². The lowest BCUT2D eigenvalue weighted by molar-refractivity contribution is -0.128. The van der Waals surface area contributed by atoms with Crippen LogP contribution in [0.2, 0.25) is 0 Å². The molecule has 3 atom stereocenters. The fraction of sp³-hybridized carbons (Fsp3) is 0.459. The first-order chi connectivity index (χ1) is 26.3. The second-order valence-corrected chi connectivity index (χ2v) is 19.3. The maximum Gasteiger partial charge on any atom is 0.321 e. The van der Waals surface area contributed by atoms with Gasteiger partial charge in [0.25, 0.3) is 10.0 Å². The normalized spacial score (nSPS) is 15.5. The molecule has 0 aliphatic carbocycles. The van der Waals surface area contributed by atoms with E-state index in [1.165, 1.54) is 33.3 Å². The summed E-state index contributed by atoms with van der Waals surface area (Å²) in [5.74, 6) is -1.50. The van der Waals surface area contributed by atoms with Crippen molar-refractivity contribution in [3.8, 4) is 5.75 Å². The minimum atomic E-state index is -4.43. The van der Waals surface area contributed by atoms with Crippen molar-refractivity contribution in [3.05, 3.63) is 82.7 Å². The Kier molecular flexibility index (Phi) is 13.5. The summed E-state index contributed by atoms with van der Waals surface area (Å²) in [6.07, 6.45) is 1.25. The number of phenols is 1. The molecule has 2 aromatic carbocycles. The zero-order chi connectivity index (χ0) is 40.9. The summed E-state index contributed by atoms with van der Waals surface area (Å²) in [6, 6.07) is 10.2. The summed E-state index contributed by atoms with van der Waals surface area (Å²) >= 11 is 1.50. The Bertz CT molecular complexity index is 2210. The highest BCUT2D eigenvalue weighted by Crippen LogP contribution is 2.31. The molecule has 19 heteroatoms. The number of aromatic nitrogens is 3. The van der Waals surface area contributed by atoms with Crippen LogP contribution in [0.25, 0.3) is 0 Å². The summed E-state index contributed by atoms with van der Waals surface area (Å²) in [5, 5.41) is 27.8. The SMILES string of the molecule is Cc1nc(CN2CCN([C@H](C(=O)N[C@@H](Cc3ccccc3)[C@H](O)CN(CC(C)C)S(=O)(=O)c3ccc(O)c(NS(=O)(=O)c4cn(C)cn4)c3)C(C)C)C2=O)cs1. The summed E-state index contributed by atoms with van der Waals surface area (Å²) < 4.78 is 59.3. The molecule has 4 N–H and O–H groups in total. The molecule has 0 unspecified atom stereocenters. The van der Waals surface area contributed by atoms with E-state index in [9.17, 15) is 36.6 Å². The quantitative estimate of drug-likeness (QED) is 0.108. The minimum absolute atomic E-state index is 0.0352. The Labute approximate surface area is 332 Å². The average molecular weight is 831 g/mol. The van der Waals surface area contributed by atoms with Crippen molar-refractivity contribution in [1.82, 2.24) is 34.0 Å². The third-order valence-corrected chi connectivity index (χ3v) is 13.1. The van der Waals surface area contributed by atoms with Gasteiger partial charge in [-0.15, -0.1) is 11.3 Å². The first kappa shape index (κ1) is 42.6. The number of nitrogens with zero attached hydrogens (tertiary/aromatic N) is 6. The number of thiazole rings is 1. The number of hydrogen-bond acceptors (Lipinski definition) is 11. The summed E-state index contributed by atoms with van der Waals surface area (Å²) in [7, 11) is -7.13. The topological polar surface area (TPSA) is 207 Å². The van der Waals surface area contributed by atoms with Gasteiger partial charge in [-0.2, -0.15) is 12.7 Å². The molecule has 1 aliphatic rings. The van der Waals surface area contributed by atoms with Crippen molar-refractivity contribution in [3.63, 3.8) is 0 Å². The van der Waals surface area contributed by atoms with Gasteiger partial charge in [0, 0.05) is 44.8 Å². The number of nitrogens with one attached hydrogen (secondary N) is 2. The number of anilines is 1. The van der Waals surface area contributed by atoms with E-state index in [-0.39, 0.29) is 46.4 Å². The van der Waals surface area contributed by atoms with Crippen molar-refractivity contribution in [1.29, 1.82) is 0 Å². The molecule has 4 aromatic rings. The Morgan fingerprint density at radius 3 is 2.36 bits per heavy atom. The van der Waals surface area contributed by atoms with Crippen molar-refractivity contribution in [2.24, 2.45) is 18.9 Å². The van der Waals surface area contributed by atoms with E-state index in [0.717, 1.165) is 38.8 Å². The number of imidazole rings is 1. The van der Waals surface area contributed by atoms with Crippen LogP contribution in [0, 0.1) is 18.8 Å². The molecule has 16 nitrogen and oxygen atoms in total. The van der Waals surface area contributed by atoms with Gasteiger partial charge >= 0.3 is 6.03 Å². The van der Waals surface area contributed by atoms with Crippen LogP contribution >= 0.6 is 11.3 Å². The Morgan fingerprint density at radius 2 is 1.75 bits per heavy atom. The monoisotopic (exact) mass is 830 g/mol. The maximum absolute atomic E-state index is 14.3. The van der Waals surface area contributed by atoms with Crippen LogP contribution in [0.4, 0.5) is 10.5 Å². The van der Waals surface area contributed by atoms with E-state index in [0.29, 0.717) is 19.6 Å². The number of carbonyl (C=O) groups excluding carboxylic acids is 2. The molecule has 0 radical (unpaired) electrons. The standard InChI is InChI=1S/C37H50N8O8S3/c1-24(2)18-44(56(52,53)29-12-13-32(46)31(17-29)41-55(50,51)34-21-42(6)23-38-34)20-33(47)30(16-27-10-8-7-9-11-27)40-36(48)35(25(3)4)45-15-14-43(37(45)49)19-28-22-54-26(5)39-28/h7-13,17,21-25,30,33,35,41,46-47H,14-16,18-20H2,1-6H3,(H,40,48)/t30-,33+,35-/m0/s1. The second kappa shape index (κ2) is 17.7. The average Bonchev–Trinajstić information content (AvgIpc) is 3.85. The van der Waals surface area contributed by atoms with Crippen LogP contribution < -0.4 is 10.0 Å². The van der Waals surface area contributed by atoms with E-state index in [4.69, 9.17) is 0 Å². The number of aliphatic hydroxyl groups excluding tert-OH is 1. The molecule has 0 bridgehead atoms. The molecule has 56 heavy (non-hydrogen) atoms. The van der Waals surface area contributed by atoms with Gasteiger partial charge in [-0.25, -0.2) is 23.2 Å². The number of aromatic hydroxyl groups is 1. The number of aliphatic hydroxyl groups is 1. The van der Waals surface area contributed by atoms with Crippen LogP contribution in [0.15, 0.2) is 76.4 Å². The Morgan fingerprint density at radius 1 is 1.04 bits per heavy atom.